The summed E-state index contributed by atoms with van der Waals surface area (Å²) in [5, 5.41) is 0. The molecule has 0 bridgehead atoms. The Morgan fingerprint density at radius 1 is 1.19 bits per heavy atom. The predicted molar refractivity (Wildman–Crippen MR) is 99.9 cm³/mol. The number of carbonyl (C=O) groups is 1. The lowest BCUT2D eigenvalue weighted by molar-refractivity contribution is 0.0666. The van der Waals surface area contributed by atoms with Gasteiger partial charge in [-0.1, -0.05) is 36.4 Å². The molecular weight excluding hydrogens is 328 g/mol. The van der Waals surface area contributed by atoms with Gasteiger partial charge in [-0.3, -0.25) is 0 Å². The molecule has 2 aromatic rings. The Morgan fingerprint density at radius 2 is 2.00 bits per heavy atom. The van der Waals surface area contributed by atoms with Gasteiger partial charge in [-0.25, -0.2) is 9.78 Å². The van der Waals surface area contributed by atoms with Gasteiger partial charge in [0.2, 0.25) is 5.88 Å². The summed E-state index contributed by atoms with van der Waals surface area (Å²) in [6, 6.07) is 13.6. The molecule has 1 atom stereocenters. The molecule has 26 heavy (non-hydrogen) atoms. The number of benzene rings is 1. The van der Waals surface area contributed by atoms with Crippen LogP contribution in [-0.4, -0.2) is 28.6 Å². The summed E-state index contributed by atoms with van der Waals surface area (Å²) in [5.41, 5.74) is 1.94. The zero-order chi connectivity index (χ0) is 18.4. The van der Waals surface area contributed by atoms with Gasteiger partial charge in [0.05, 0.1) is 12.1 Å². The quantitative estimate of drug-likeness (QED) is 0.779. The van der Waals surface area contributed by atoms with E-state index in [9.17, 15) is 4.79 Å². The maximum atomic E-state index is 12.7. The summed E-state index contributed by atoms with van der Waals surface area (Å²) in [4.78, 5) is 18.9. The second-order valence-corrected chi connectivity index (χ2v) is 6.81. The van der Waals surface area contributed by atoms with Crippen LogP contribution in [0.5, 0.6) is 5.88 Å². The van der Waals surface area contributed by atoms with Gasteiger partial charge in [0, 0.05) is 18.3 Å². The van der Waals surface area contributed by atoms with Crippen molar-refractivity contribution < 1.29 is 14.3 Å². The smallest absolute Gasteiger partial charge is 0.410 e. The van der Waals surface area contributed by atoms with Gasteiger partial charge in [0.1, 0.15) is 6.61 Å². The molecule has 1 fully saturated rings. The van der Waals surface area contributed by atoms with E-state index in [2.05, 4.69) is 4.98 Å². The molecule has 2 heterocycles. The highest BCUT2D eigenvalue weighted by Gasteiger charge is 2.31. The zero-order valence-electron chi connectivity index (χ0n) is 15.4. The van der Waals surface area contributed by atoms with Gasteiger partial charge in [-0.15, -0.1) is 0 Å². The molecule has 5 nitrogen and oxygen atoms in total. The number of likely N-dealkylation sites (tertiary alicyclic amines) is 1. The standard InChI is InChI=1S/C21H26N2O3/c1-16(2)26-20-18(11-8-13-22-20)19-12-6-7-14-23(19)21(24)25-15-17-9-4-3-5-10-17/h3-5,8-11,13,16,19H,6-7,12,14-15H2,1-2H3/t19-/m1/s1. The average molecular weight is 354 g/mol. The number of piperidine rings is 1. The summed E-state index contributed by atoms with van der Waals surface area (Å²) in [5.74, 6) is 0.607. The Kier molecular flexibility index (Phi) is 6.10. The normalized spacial score (nSPS) is 17.2. The highest BCUT2D eigenvalue weighted by molar-refractivity contribution is 5.68. The van der Waals surface area contributed by atoms with Crippen molar-refractivity contribution in [3.05, 3.63) is 59.8 Å². The second-order valence-electron chi connectivity index (χ2n) is 6.81. The van der Waals surface area contributed by atoms with E-state index in [0.717, 1.165) is 30.4 Å². The molecule has 0 spiro atoms. The fourth-order valence-electron chi connectivity index (χ4n) is 3.25. The number of hydrogen-bond donors (Lipinski definition) is 0. The minimum Gasteiger partial charge on any atom is -0.475 e. The fraction of sp³-hybridized carbons (Fsp3) is 0.429. The molecular formula is C21H26N2O3. The van der Waals surface area contributed by atoms with E-state index < -0.39 is 0 Å². The maximum Gasteiger partial charge on any atom is 0.410 e. The van der Waals surface area contributed by atoms with Crippen molar-refractivity contribution in [1.29, 1.82) is 0 Å². The van der Waals surface area contributed by atoms with Crippen molar-refractivity contribution in [3.8, 4) is 5.88 Å². The first-order valence-electron chi connectivity index (χ1n) is 9.24. The molecule has 0 saturated carbocycles. The Hall–Kier alpha value is -2.56. The third-order valence-electron chi connectivity index (χ3n) is 4.45. The number of rotatable bonds is 5. The van der Waals surface area contributed by atoms with Crippen molar-refractivity contribution in [1.82, 2.24) is 9.88 Å². The molecule has 1 saturated heterocycles. The third kappa shape index (κ3) is 4.54. The van der Waals surface area contributed by atoms with E-state index >= 15 is 0 Å². The number of nitrogens with zero attached hydrogens (tertiary/aromatic N) is 2. The van der Waals surface area contributed by atoms with Gasteiger partial charge < -0.3 is 14.4 Å². The minimum absolute atomic E-state index is 0.0331. The summed E-state index contributed by atoms with van der Waals surface area (Å²) < 4.78 is 11.4. The molecule has 1 aromatic carbocycles. The molecule has 0 N–H and O–H groups in total. The van der Waals surface area contributed by atoms with E-state index in [1.807, 2.05) is 61.2 Å². The van der Waals surface area contributed by atoms with Gasteiger partial charge in [-0.2, -0.15) is 0 Å². The SMILES string of the molecule is CC(C)Oc1ncccc1[C@H]1CCCCN1C(=O)OCc1ccccc1. The molecule has 1 amide bonds. The summed E-state index contributed by atoms with van der Waals surface area (Å²) in [6.07, 6.45) is 4.42. The van der Waals surface area contributed by atoms with Crippen LogP contribution in [0.25, 0.3) is 0 Å². The molecule has 0 unspecified atom stereocenters. The monoisotopic (exact) mass is 354 g/mol. The Balaban J connectivity index is 1.74. The van der Waals surface area contributed by atoms with Gasteiger partial charge in [0.25, 0.3) is 0 Å². The minimum atomic E-state index is -0.280. The van der Waals surface area contributed by atoms with E-state index in [1.165, 1.54) is 0 Å². The third-order valence-corrected chi connectivity index (χ3v) is 4.45. The van der Waals surface area contributed by atoms with Crippen LogP contribution in [-0.2, 0) is 11.3 Å². The van der Waals surface area contributed by atoms with E-state index in [0.29, 0.717) is 12.4 Å². The lowest BCUT2D eigenvalue weighted by atomic mass is 9.96. The summed E-state index contributed by atoms with van der Waals surface area (Å²) in [6.45, 7) is 4.93. The van der Waals surface area contributed by atoms with E-state index in [4.69, 9.17) is 9.47 Å². The van der Waals surface area contributed by atoms with E-state index in [-0.39, 0.29) is 24.8 Å². The van der Waals surface area contributed by atoms with Crippen LogP contribution in [0.1, 0.15) is 50.3 Å². The highest BCUT2D eigenvalue weighted by Crippen LogP contribution is 2.35. The largest absolute Gasteiger partial charge is 0.475 e. The Bertz CT molecular complexity index is 718. The number of ether oxygens (including phenoxy) is 2. The van der Waals surface area contributed by atoms with E-state index in [1.54, 1.807) is 6.20 Å². The number of amides is 1. The lowest BCUT2D eigenvalue weighted by Gasteiger charge is -2.35. The van der Waals surface area contributed by atoms with Crippen LogP contribution in [0.4, 0.5) is 4.79 Å². The van der Waals surface area contributed by atoms with Crippen LogP contribution in [0.3, 0.4) is 0 Å². The van der Waals surface area contributed by atoms with Crippen LogP contribution in [0, 0.1) is 0 Å². The number of aromatic nitrogens is 1. The van der Waals surface area contributed by atoms with Crippen molar-refractivity contribution >= 4 is 6.09 Å². The first-order chi connectivity index (χ1) is 12.6. The molecule has 1 aromatic heterocycles. The lowest BCUT2D eigenvalue weighted by Crippen LogP contribution is -2.39. The molecule has 5 heteroatoms. The highest BCUT2D eigenvalue weighted by atomic mass is 16.6. The summed E-state index contributed by atoms with van der Waals surface area (Å²) >= 11 is 0. The van der Waals surface area contributed by atoms with Gasteiger partial charge >= 0.3 is 6.09 Å². The predicted octanol–water partition coefficient (Wildman–Crippen LogP) is 4.73. The molecule has 0 radical (unpaired) electrons. The first-order valence-corrected chi connectivity index (χ1v) is 9.24. The summed E-state index contributed by atoms with van der Waals surface area (Å²) in [7, 11) is 0. The number of hydrogen-bond acceptors (Lipinski definition) is 4. The molecule has 3 rings (SSSR count). The van der Waals surface area contributed by atoms with Crippen molar-refractivity contribution in [2.24, 2.45) is 0 Å². The van der Waals surface area contributed by atoms with Crippen LogP contribution in [0.2, 0.25) is 0 Å². The number of pyridine rings is 1. The molecule has 1 aliphatic rings. The molecule has 1 aliphatic heterocycles. The zero-order valence-corrected chi connectivity index (χ0v) is 15.4. The Morgan fingerprint density at radius 3 is 2.77 bits per heavy atom. The number of carbonyl (C=O) groups excluding carboxylic acids is 1. The average Bonchev–Trinajstić information content (AvgIpc) is 2.67. The molecule has 0 aliphatic carbocycles. The fourth-order valence-corrected chi connectivity index (χ4v) is 3.25. The van der Waals surface area contributed by atoms with Crippen molar-refractivity contribution in [3.63, 3.8) is 0 Å². The van der Waals surface area contributed by atoms with Crippen LogP contribution >= 0.6 is 0 Å². The molecule has 138 valence electrons. The first kappa shape index (κ1) is 18.2. The van der Waals surface area contributed by atoms with Crippen molar-refractivity contribution in [2.75, 3.05) is 6.54 Å². The van der Waals surface area contributed by atoms with Gasteiger partial charge in [-0.05, 0) is 44.7 Å². The maximum absolute atomic E-state index is 12.7. The van der Waals surface area contributed by atoms with Gasteiger partial charge in [0.15, 0.2) is 0 Å². The Labute approximate surface area is 155 Å². The topological polar surface area (TPSA) is 51.7 Å². The second kappa shape index (κ2) is 8.70. The van der Waals surface area contributed by atoms with Crippen LogP contribution < -0.4 is 4.74 Å². The van der Waals surface area contributed by atoms with Crippen molar-refractivity contribution in [2.45, 2.75) is 51.9 Å². The van der Waals surface area contributed by atoms with Crippen LogP contribution in [0.15, 0.2) is 48.7 Å².